The van der Waals surface area contributed by atoms with Gasteiger partial charge in [0.2, 0.25) is 0 Å². The van der Waals surface area contributed by atoms with Crippen LogP contribution in [0.15, 0.2) is 17.0 Å². The van der Waals surface area contributed by atoms with Gasteiger partial charge in [-0.2, -0.15) is 8.42 Å². The fraction of sp³-hybridized carbons (Fsp3) is 0.700. The van der Waals surface area contributed by atoms with E-state index in [2.05, 4.69) is 6.92 Å². The standard InChI is InChI=1S/C20H34O3S/c1-6-7-8-9-10-11-12-17-13-18(15(2)3)20(24(21,22)23)19(14-17)16(4)5/h13-16H,6-12H2,1-5H3,(H,21,22,23). The Bertz CT molecular complexity index is 587. The van der Waals surface area contributed by atoms with Gasteiger partial charge in [0.05, 0.1) is 0 Å². The molecule has 0 aliphatic heterocycles. The molecule has 0 aromatic heterocycles. The van der Waals surface area contributed by atoms with Crippen molar-refractivity contribution in [1.29, 1.82) is 0 Å². The molecule has 0 radical (unpaired) electrons. The minimum atomic E-state index is -4.21. The van der Waals surface area contributed by atoms with Gasteiger partial charge in [-0.15, -0.1) is 0 Å². The van der Waals surface area contributed by atoms with Gasteiger partial charge in [0.15, 0.2) is 0 Å². The highest BCUT2D eigenvalue weighted by Crippen LogP contribution is 2.33. The van der Waals surface area contributed by atoms with Gasteiger partial charge in [-0.1, -0.05) is 78.9 Å². The van der Waals surface area contributed by atoms with Crippen LogP contribution in [0.3, 0.4) is 0 Å². The Balaban J connectivity index is 3.04. The highest BCUT2D eigenvalue weighted by Gasteiger charge is 2.24. The van der Waals surface area contributed by atoms with E-state index < -0.39 is 10.1 Å². The summed E-state index contributed by atoms with van der Waals surface area (Å²) in [5, 5.41) is 0. The molecule has 0 saturated heterocycles. The van der Waals surface area contributed by atoms with Gasteiger partial charge >= 0.3 is 0 Å². The van der Waals surface area contributed by atoms with Crippen molar-refractivity contribution in [3.8, 4) is 0 Å². The maximum absolute atomic E-state index is 11.9. The summed E-state index contributed by atoms with van der Waals surface area (Å²) in [6.07, 6.45) is 8.44. The highest BCUT2D eigenvalue weighted by atomic mass is 32.2. The van der Waals surface area contributed by atoms with Crippen LogP contribution in [0.4, 0.5) is 0 Å². The maximum atomic E-state index is 11.9. The Labute approximate surface area is 148 Å². The quantitative estimate of drug-likeness (QED) is 0.409. The van der Waals surface area contributed by atoms with Crippen LogP contribution in [0.1, 0.15) is 102 Å². The van der Waals surface area contributed by atoms with E-state index in [-0.39, 0.29) is 16.7 Å². The first-order valence-corrected chi connectivity index (χ1v) is 10.8. The summed E-state index contributed by atoms with van der Waals surface area (Å²) in [5.74, 6) is 0.118. The normalized spacial score (nSPS) is 12.3. The van der Waals surface area contributed by atoms with Crippen LogP contribution < -0.4 is 0 Å². The summed E-state index contributed by atoms with van der Waals surface area (Å²) in [6, 6.07) is 3.96. The van der Waals surface area contributed by atoms with E-state index in [1.807, 2.05) is 39.8 Å². The maximum Gasteiger partial charge on any atom is 0.295 e. The van der Waals surface area contributed by atoms with E-state index >= 15 is 0 Å². The van der Waals surface area contributed by atoms with Crippen LogP contribution in [-0.2, 0) is 16.5 Å². The third-order valence-electron chi connectivity index (χ3n) is 4.53. The van der Waals surface area contributed by atoms with Crippen molar-refractivity contribution in [3.63, 3.8) is 0 Å². The summed E-state index contributed by atoms with van der Waals surface area (Å²) in [7, 11) is -4.21. The Kier molecular flexibility index (Phi) is 8.44. The molecule has 1 aromatic rings. The Morgan fingerprint density at radius 3 is 1.75 bits per heavy atom. The number of benzene rings is 1. The van der Waals surface area contributed by atoms with Crippen LogP contribution in [-0.4, -0.2) is 13.0 Å². The second-order valence-electron chi connectivity index (χ2n) is 7.41. The molecule has 0 spiro atoms. The van der Waals surface area contributed by atoms with E-state index in [0.717, 1.165) is 24.0 Å². The van der Waals surface area contributed by atoms with Gasteiger partial charge in [-0.3, -0.25) is 4.55 Å². The van der Waals surface area contributed by atoms with Gasteiger partial charge in [-0.05, 0) is 41.4 Å². The number of hydrogen-bond acceptors (Lipinski definition) is 2. The minimum absolute atomic E-state index is 0.0592. The van der Waals surface area contributed by atoms with Gasteiger partial charge in [0.1, 0.15) is 4.90 Å². The van der Waals surface area contributed by atoms with Crippen molar-refractivity contribution >= 4 is 10.1 Å². The number of hydrogen-bond donors (Lipinski definition) is 1. The summed E-state index contributed by atoms with van der Waals surface area (Å²) in [4.78, 5) is 0.124. The monoisotopic (exact) mass is 354 g/mol. The smallest absolute Gasteiger partial charge is 0.282 e. The zero-order valence-electron chi connectivity index (χ0n) is 15.9. The van der Waals surface area contributed by atoms with Gasteiger partial charge in [0, 0.05) is 0 Å². The Hall–Kier alpha value is -0.870. The first-order chi connectivity index (χ1) is 11.2. The molecule has 0 unspecified atom stereocenters. The van der Waals surface area contributed by atoms with Crippen molar-refractivity contribution in [2.75, 3.05) is 0 Å². The molecule has 3 nitrogen and oxygen atoms in total. The van der Waals surface area contributed by atoms with E-state index in [9.17, 15) is 13.0 Å². The summed E-state index contributed by atoms with van der Waals surface area (Å²) < 4.78 is 33.5. The predicted molar refractivity (Wildman–Crippen MR) is 102 cm³/mol. The first-order valence-electron chi connectivity index (χ1n) is 9.32. The van der Waals surface area contributed by atoms with Crippen molar-refractivity contribution < 1.29 is 13.0 Å². The second kappa shape index (κ2) is 9.57. The van der Waals surface area contributed by atoms with Crippen LogP contribution in [0.25, 0.3) is 0 Å². The summed E-state index contributed by atoms with van der Waals surface area (Å²) in [5.41, 5.74) is 2.67. The molecule has 0 atom stereocenters. The number of aryl methyl sites for hydroxylation is 1. The van der Waals surface area contributed by atoms with Gasteiger partial charge in [-0.25, -0.2) is 0 Å². The lowest BCUT2D eigenvalue weighted by atomic mass is 9.91. The fourth-order valence-corrected chi connectivity index (χ4v) is 4.33. The topological polar surface area (TPSA) is 54.4 Å². The molecule has 1 N–H and O–H groups in total. The first kappa shape index (κ1) is 21.2. The van der Waals surface area contributed by atoms with Crippen molar-refractivity contribution in [2.24, 2.45) is 0 Å². The molecule has 0 amide bonds. The van der Waals surface area contributed by atoms with Gasteiger partial charge in [0.25, 0.3) is 10.1 Å². The third-order valence-corrected chi connectivity index (χ3v) is 5.51. The lowest BCUT2D eigenvalue weighted by Gasteiger charge is -2.19. The number of unbranched alkanes of at least 4 members (excludes halogenated alkanes) is 5. The van der Waals surface area contributed by atoms with Gasteiger partial charge < -0.3 is 0 Å². The lowest BCUT2D eigenvalue weighted by molar-refractivity contribution is 0.479. The largest absolute Gasteiger partial charge is 0.295 e. The SMILES string of the molecule is CCCCCCCCc1cc(C(C)C)c(S(=O)(=O)O)c(C(C)C)c1. The molecular formula is C20H34O3S. The average molecular weight is 355 g/mol. The van der Waals surface area contributed by atoms with E-state index in [4.69, 9.17) is 0 Å². The van der Waals surface area contributed by atoms with Crippen molar-refractivity contribution in [2.45, 2.75) is 96.3 Å². The van der Waals surface area contributed by atoms with Crippen LogP contribution in [0, 0.1) is 0 Å². The summed E-state index contributed by atoms with van der Waals surface area (Å²) >= 11 is 0. The van der Waals surface area contributed by atoms with Crippen LogP contribution in [0.5, 0.6) is 0 Å². The lowest BCUT2D eigenvalue weighted by Crippen LogP contribution is -2.11. The van der Waals surface area contributed by atoms with E-state index in [1.165, 1.54) is 37.7 Å². The molecule has 24 heavy (non-hydrogen) atoms. The van der Waals surface area contributed by atoms with Crippen LogP contribution >= 0.6 is 0 Å². The molecule has 1 aromatic carbocycles. The second-order valence-corrected chi connectivity index (χ2v) is 8.76. The highest BCUT2D eigenvalue weighted by molar-refractivity contribution is 7.86. The molecule has 4 heteroatoms. The molecular weight excluding hydrogens is 320 g/mol. The van der Waals surface area contributed by atoms with Crippen molar-refractivity contribution in [3.05, 3.63) is 28.8 Å². The molecule has 0 bridgehead atoms. The Morgan fingerprint density at radius 2 is 1.33 bits per heavy atom. The molecule has 0 saturated carbocycles. The molecule has 0 aliphatic rings. The average Bonchev–Trinajstić information content (AvgIpc) is 2.48. The Morgan fingerprint density at radius 1 is 0.875 bits per heavy atom. The van der Waals surface area contributed by atoms with E-state index in [1.54, 1.807) is 0 Å². The molecule has 1 rings (SSSR count). The third kappa shape index (κ3) is 6.21. The molecule has 0 heterocycles. The predicted octanol–water partition coefficient (Wildman–Crippen LogP) is 6.08. The minimum Gasteiger partial charge on any atom is -0.282 e. The van der Waals surface area contributed by atoms with Crippen LogP contribution in [0.2, 0.25) is 0 Å². The van der Waals surface area contributed by atoms with E-state index in [0.29, 0.717) is 0 Å². The zero-order chi connectivity index (χ0) is 18.3. The molecule has 138 valence electrons. The summed E-state index contributed by atoms with van der Waals surface area (Å²) in [6.45, 7) is 10.1. The fourth-order valence-electron chi connectivity index (χ4n) is 3.15. The zero-order valence-corrected chi connectivity index (χ0v) is 16.7. The molecule has 0 fully saturated rings. The molecule has 0 aliphatic carbocycles. The number of rotatable bonds is 10. The van der Waals surface area contributed by atoms with Crippen molar-refractivity contribution in [1.82, 2.24) is 0 Å².